The van der Waals surface area contributed by atoms with Crippen LogP contribution >= 0.6 is 11.6 Å². The third-order valence-electron chi connectivity index (χ3n) is 3.93. The van der Waals surface area contributed by atoms with E-state index >= 15 is 0 Å². The first-order valence-corrected chi connectivity index (χ1v) is 6.85. The number of nitrogens with zero attached hydrogens (tertiary/aromatic N) is 2. The lowest BCUT2D eigenvalue weighted by atomic mass is 9.91. The first-order valence-electron chi connectivity index (χ1n) is 6.47. The van der Waals surface area contributed by atoms with Crippen LogP contribution in [0.4, 0.5) is 0 Å². The molecule has 0 aliphatic heterocycles. The lowest BCUT2D eigenvalue weighted by molar-refractivity contribution is -0.142. The Bertz CT molecular complexity index is 456. The third-order valence-corrected chi connectivity index (χ3v) is 4.37. The molecular weight excluding hydrogens is 252 g/mol. The molecule has 2 unspecified atom stereocenters. The smallest absolute Gasteiger partial charge is 0.306 e. The van der Waals surface area contributed by atoms with Gasteiger partial charge in [-0.2, -0.15) is 5.10 Å². The monoisotopic (exact) mass is 270 g/mol. The van der Waals surface area contributed by atoms with E-state index in [9.17, 15) is 9.90 Å². The number of rotatable bonds is 4. The molecule has 2 atom stereocenters. The van der Waals surface area contributed by atoms with Gasteiger partial charge in [0.2, 0.25) is 0 Å². The average molecular weight is 271 g/mol. The summed E-state index contributed by atoms with van der Waals surface area (Å²) in [5, 5.41) is 14.3. The Labute approximate surface area is 112 Å². The van der Waals surface area contributed by atoms with Crippen molar-refractivity contribution in [1.29, 1.82) is 0 Å². The Hall–Kier alpha value is -1.03. The van der Waals surface area contributed by atoms with Gasteiger partial charge < -0.3 is 5.11 Å². The molecule has 1 aliphatic rings. The van der Waals surface area contributed by atoms with Crippen molar-refractivity contribution >= 4 is 17.6 Å². The highest BCUT2D eigenvalue weighted by Crippen LogP contribution is 2.36. The fourth-order valence-electron chi connectivity index (χ4n) is 2.90. The van der Waals surface area contributed by atoms with Crippen LogP contribution in [0.3, 0.4) is 0 Å². The molecular formula is C13H19ClN2O2. The minimum absolute atomic E-state index is 0.195. The van der Waals surface area contributed by atoms with E-state index in [4.69, 9.17) is 11.6 Å². The van der Waals surface area contributed by atoms with Crippen LogP contribution < -0.4 is 0 Å². The minimum atomic E-state index is -0.675. The molecule has 18 heavy (non-hydrogen) atoms. The molecule has 100 valence electrons. The zero-order valence-electron chi connectivity index (χ0n) is 10.8. The van der Waals surface area contributed by atoms with E-state index in [1.165, 1.54) is 0 Å². The highest BCUT2D eigenvalue weighted by atomic mass is 35.5. The molecule has 5 heteroatoms. The SMILES string of the molecule is CCc1nn(C)c(CC2CCCC2C(=O)O)c1Cl. The molecule has 0 aromatic carbocycles. The summed E-state index contributed by atoms with van der Waals surface area (Å²) in [6, 6.07) is 0. The normalized spacial score (nSPS) is 23.5. The number of aryl methyl sites for hydroxylation is 2. The molecule has 4 nitrogen and oxygen atoms in total. The zero-order valence-corrected chi connectivity index (χ0v) is 11.6. The van der Waals surface area contributed by atoms with Crippen molar-refractivity contribution in [3.8, 4) is 0 Å². The van der Waals surface area contributed by atoms with Gasteiger partial charge in [-0.3, -0.25) is 9.48 Å². The Morgan fingerprint density at radius 1 is 1.56 bits per heavy atom. The van der Waals surface area contributed by atoms with Crippen molar-refractivity contribution in [3.63, 3.8) is 0 Å². The summed E-state index contributed by atoms with van der Waals surface area (Å²) in [5.41, 5.74) is 1.88. The Kier molecular flexibility index (Phi) is 3.95. The number of aliphatic carboxylic acids is 1. The van der Waals surface area contributed by atoms with Crippen LogP contribution in [0.2, 0.25) is 5.02 Å². The number of hydrogen-bond acceptors (Lipinski definition) is 2. The Balaban J connectivity index is 2.19. The largest absolute Gasteiger partial charge is 0.481 e. The van der Waals surface area contributed by atoms with Crippen LogP contribution in [0.25, 0.3) is 0 Å². The summed E-state index contributed by atoms with van der Waals surface area (Å²) >= 11 is 6.30. The molecule has 0 bridgehead atoms. The summed E-state index contributed by atoms with van der Waals surface area (Å²) in [6.45, 7) is 2.02. The van der Waals surface area contributed by atoms with Gasteiger partial charge in [-0.15, -0.1) is 0 Å². The highest BCUT2D eigenvalue weighted by Gasteiger charge is 2.34. The van der Waals surface area contributed by atoms with Gasteiger partial charge in [-0.1, -0.05) is 24.9 Å². The number of hydrogen-bond donors (Lipinski definition) is 1. The fraction of sp³-hybridized carbons (Fsp3) is 0.692. The predicted octanol–water partition coefficient (Wildman–Crippen LogP) is 2.68. The van der Waals surface area contributed by atoms with Crippen molar-refractivity contribution in [2.75, 3.05) is 0 Å². The molecule has 1 aromatic heterocycles. The standard InChI is InChI=1S/C13H19ClN2O2/c1-3-10-12(14)11(16(2)15-10)7-8-5-4-6-9(8)13(17)18/h8-9H,3-7H2,1-2H3,(H,17,18). The van der Waals surface area contributed by atoms with E-state index in [2.05, 4.69) is 5.10 Å². The van der Waals surface area contributed by atoms with E-state index in [0.717, 1.165) is 48.5 Å². The van der Waals surface area contributed by atoms with E-state index in [-0.39, 0.29) is 11.8 Å². The summed E-state index contributed by atoms with van der Waals surface area (Å²) in [4.78, 5) is 11.2. The maximum Gasteiger partial charge on any atom is 0.306 e. The van der Waals surface area contributed by atoms with Crippen LogP contribution in [0.1, 0.15) is 37.6 Å². The first-order chi connectivity index (χ1) is 8.54. The molecule has 1 aliphatic carbocycles. The van der Waals surface area contributed by atoms with E-state index < -0.39 is 5.97 Å². The maximum atomic E-state index is 11.2. The van der Waals surface area contributed by atoms with Crippen LogP contribution in [-0.4, -0.2) is 20.9 Å². The summed E-state index contributed by atoms with van der Waals surface area (Å²) in [5.74, 6) is -0.701. The highest BCUT2D eigenvalue weighted by molar-refractivity contribution is 6.31. The summed E-state index contributed by atoms with van der Waals surface area (Å²) in [7, 11) is 1.88. The van der Waals surface area contributed by atoms with Crippen molar-refractivity contribution in [1.82, 2.24) is 9.78 Å². The second kappa shape index (κ2) is 5.31. The molecule has 0 amide bonds. The van der Waals surface area contributed by atoms with Crippen LogP contribution in [0.5, 0.6) is 0 Å². The maximum absolute atomic E-state index is 11.2. The molecule has 1 saturated carbocycles. The molecule has 1 N–H and O–H groups in total. The number of halogens is 1. The van der Waals surface area contributed by atoms with E-state index in [0.29, 0.717) is 0 Å². The van der Waals surface area contributed by atoms with Gasteiger partial charge in [0.15, 0.2) is 0 Å². The number of carboxylic acid groups (broad SMARTS) is 1. The van der Waals surface area contributed by atoms with Crippen LogP contribution in [0.15, 0.2) is 0 Å². The van der Waals surface area contributed by atoms with Crippen molar-refractivity contribution in [3.05, 3.63) is 16.4 Å². The summed E-state index contributed by atoms with van der Waals surface area (Å²) < 4.78 is 1.80. The number of carboxylic acids is 1. The third kappa shape index (κ3) is 2.39. The van der Waals surface area contributed by atoms with Crippen molar-refractivity contribution < 1.29 is 9.90 Å². The Morgan fingerprint density at radius 3 is 2.83 bits per heavy atom. The molecule has 0 spiro atoms. The van der Waals surface area contributed by atoms with E-state index in [1.807, 2.05) is 14.0 Å². The molecule has 1 fully saturated rings. The topological polar surface area (TPSA) is 55.1 Å². The first kappa shape index (κ1) is 13.4. The predicted molar refractivity (Wildman–Crippen MR) is 69.8 cm³/mol. The van der Waals surface area contributed by atoms with Crippen molar-refractivity contribution in [2.24, 2.45) is 18.9 Å². The molecule has 0 radical (unpaired) electrons. The van der Waals surface area contributed by atoms with Crippen molar-refractivity contribution in [2.45, 2.75) is 39.0 Å². The van der Waals surface area contributed by atoms with E-state index in [1.54, 1.807) is 4.68 Å². The molecule has 1 heterocycles. The second-order valence-corrected chi connectivity index (χ2v) is 5.40. The van der Waals surface area contributed by atoms with Gasteiger partial charge in [0.1, 0.15) is 0 Å². The lowest BCUT2D eigenvalue weighted by Gasteiger charge is -2.15. The van der Waals surface area contributed by atoms with Gasteiger partial charge in [0.05, 0.1) is 22.3 Å². The van der Waals surface area contributed by atoms with Gasteiger partial charge >= 0.3 is 5.97 Å². The molecule has 2 rings (SSSR count). The minimum Gasteiger partial charge on any atom is -0.481 e. The van der Waals surface area contributed by atoms with Gasteiger partial charge in [0, 0.05) is 7.05 Å². The molecule has 0 saturated heterocycles. The fourth-order valence-corrected chi connectivity index (χ4v) is 3.27. The quantitative estimate of drug-likeness (QED) is 0.915. The van der Waals surface area contributed by atoms with Crippen LogP contribution in [0, 0.1) is 11.8 Å². The molecule has 1 aromatic rings. The summed E-state index contributed by atoms with van der Waals surface area (Å²) in [6.07, 6.45) is 4.28. The van der Waals surface area contributed by atoms with Crippen LogP contribution in [-0.2, 0) is 24.7 Å². The van der Waals surface area contributed by atoms with Gasteiger partial charge in [-0.25, -0.2) is 0 Å². The zero-order chi connectivity index (χ0) is 13.3. The second-order valence-electron chi connectivity index (χ2n) is 5.02. The number of carbonyl (C=O) groups is 1. The average Bonchev–Trinajstić information content (AvgIpc) is 2.88. The number of aromatic nitrogens is 2. The van der Waals surface area contributed by atoms with Gasteiger partial charge in [0.25, 0.3) is 0 Å². The van der Waals surface area contributed by atoms with Gasteiger partial charge in [-0.05, 0) is 31.6 Å². The lowest BCUT2D eigenvalue weighted by Crippen LogP contribution is -2.21. The Morgan fingerprint density at radius 2 is 2.28 bits per heavy atom.